The predicted octanol–water partition coefficient (Wildman–Crippen LogP) is 9.28. The van der Waals surface area contributed by atoms with Gasteiger partial charge in [0.15, 0.2) is 0 Å². The molecule has 0 heterocycles. The van der Waals surface area contributed by atoms with E-state index in [2.05, 4.69) is 88.2 Å². The number of benzene rings is 2. The molecule has 0 aromatic heterocycles. The molecule has 0 aliphatic rings. The number of aryl methyl sites for hydroxylation is 1. The van der Waals surface area contributed by atoms with Gasteiger partial charge < -0.3 is 0 Å². The van der Waals surface area contributed by atoms with E-state index in [0.29, 0.717) is 0 Å². The Bertz CT molecular complexity index is 568. The van der Waals surface area contributed by atoms with Crippen LogP contribution >= 0.6 is 0 Å². The second kappa shape index (κ2) is 19.7. The van der Waals surface area contributed by atoms with Crippen LogP contribution in [-0.2, 0) is 6.42 Å². The Balaban J connectivity index is 0.000000483. The number of rotatable bonds is 11. The minimum atomic E-state index is 1.14. The Hall–Kier alpha value is -2.08. The maximum atomic E-state index is 4.12. The van der Waals surface area contributed by atoms with Gasteiger partial charge in [-0.15, -0.1) is 13.2 Å². The van der Waals surface area contributed by atoms with Gasteiger partial charge in [0.2, 0.25) is 0 Å². The lowest BCUT2D eigenvalue weighted by Crippen LogP contribution is -1.84. The Labute approximate surface area is 175 Å². The molecule has 0 radical (unpaired) electrons. The highest BCUT2D eigenvalue weighted by molar-refractivity contribution is 5.62. The smallest absolute Gasteiger partial charge is 0.0230 e. The molecule has 2 rings (SSSR count). The maximum absolute atomic E-state index is 4.12. The summed E-state index contributed by atoms with van der Waals surface area (Å²) in [5, 5.41) is 0. The fraction of sp³-hybridized carbons (Fsp3) is 0.429. The fourth-order valence-electron chi connectivity index (χ4n) is 2.98. The van der Waals surface area contributed by atoms with Gasteiger partial charge in [-0.1, -0.05) is 120 Å². The van der Waals surface area contributed by atoms with Crippen LogP contribution < -0.4 is 0 Å². The van der Waals surface area contributed by atoms with Crippen LogP contribution in [0.2, 0.25) is 0 Å². The molecule has 0 unspecified atom stereocenters. The molecule has 2 aromatic carbocycles. The number of unbranched alkanes of at least 4 members (excludes halogenated alkanes) is 6. The van der Waals surface area contributed by atoms with E-state index in [1.807, 2.05) is 6.07 Å². The first-order valence-corrected chi connectivity index (χ1v) is 11.0. The second-order valence-electron chi connectivity index (χ2n) is 7.08. The summed E-state index contributed by atoms with van der Waals surface area (Å²) >= 11 is 0. The molecule has 0 saturated heterocycles. The van der Waals surface area contributed by atoms with E-state index in [1.165, 1.54) is 74.5 Å². The van der Waals surface area contributed by atoms with Gasteiger partial charge in [0.05, 0.1) is 0 Å². The van der Waals surface area contributed by atoms with Crippen molar-refractivity contribution in [2.45, 2.75) is 78.1 Å². The molecular formula is C28H42. The molecule has 0 heteroatoms. The van der Waals surface area contributed by atoms with Crippen LogP contribution in [0, 0.1) is 0 Å². The van der Waals surface area contributed by atoms with Gasteiger partial charge in [-0.25, -0.2) is 0 Å². The summed E-state index contributed by atoms with van der Waals surface area (Å²) in [7, 11) is 0. The van der Waals surface area contributed by atoms with E-state index in [1.54, 1.807) is 0 Å². The standard InChI is InChI=1S/C14H20.C12H18.C2H4/c1-3-4-5-7-10-13(2)14-11-8-6-9-12-14;1-2-3-4-6-9-12-10-7-5-8-11-12;1-2/h6,8-9,11-12H,2-5,7,10H2,1H3;5,7-8,10-11H,2-4,6,9H2,1H3;1-2H2. The van der Waals surface area contributed by atoms with Crippen molar-refractivity contribution in [1.29, 1.82) is 0 Å². The average Bonchev–Trinajstić information content (AvgIpc) is 2.77. The summed E-state index contributed by atoms with van der Waals surface area (Å²) in [4.78, 5) is 0. The molecule has 0 nitrogen and oxygen atoms in total. The normalized spacial score (nSPS) is 9.50. The first-order chi connectivity index (χ1) is 13.8. The second-order valence-corrected chi connectivity index (χ2v) is 7.08. The molecule has 0 atom stereocenters. The third-order valence-electron chi connectivity index (χ3n) is 4.68. The minimum absolute atomic E-state index is 1.14. The number of hydrogen-bond acceptors (Lipinski definition) is 0. The van der Waals surface area contributed by atoms with Gasteiger partial charge in [0.25, 0.3) is 0 Å². The highest BCUT2D eigenvalue weighted by Crippen LogP contribution is 2.18. The topological polar surface area (TPSA) is 0 Å². The Morgan fingerprint density at radius 3 is 1.68 bits per heavy atom. The van der Waals surface area contributed by atoms with E-state index in [4.69, 9.17) is 0 Å². The molecule has 0 aliphatic heterocycles. The van der Waals surface area contributed by atoms with E-state index in [9.17, 15) is 0 Å². The molecule has 0 amide bonds. The van der Waals surface area contributed by atoms with Crippen LogP contribution in [-0.4, -0.2) is 0 Å². The van der Waals surface area contributed by atoms with Crippen molar-refractivity contribution < 1.29 is 0 Å². The van der Waals surface area contributed by atoms with Crippen LogP contribution in [0.5, 0.6) is 0 Å². The molecule has 0 saturated carbocycles. The van der Waals surface area contributed by atoms with Crippen LogP contribution in [0.4, 0.5) is 0 Å². The van der Waals surface area contributed by atoms with Crippen molar-refractivity contribution in [3.8, 4) is 0 Å². The monoisotopic (exact) mass is 378 g/mol. The van der Waals surface area contributed by atoms with Gasteiger partial charge in [0.1, 0.15) is 0 Å². The zero-order valence-electron chi connectivity index (χ0n) is 18.5. The Morgan fingerprint density at radius 2 is 1.14 bits per heavy atom. The molecule has 0 bridgehead atoms. The van der Waals surface area contributed by atoms with E-state index in [0.717, 1.165) is 6.42 Å². The third-order valence-corrected chi connectivity index (χ3v) is 4.68. The molecule has 0 spiro atoms. The predicted molar refractivity (Wildman–Crippen MR) is 130 cm³/mol. The fourth-order valence-corrected chi connectivity index (χ4v) is 2.98. The van der Waals surface area contributed by atoms with Crippen LogP contribution in [0.1, 0.15) is 82.8 Å². The third kappa shape index (κ3) is 14.0. The van der Waals surface area contributed by atoms with Crippen molar-refractivity contribution in [3.63, 3.8) is 0 Å². The Morgan fingerprint density at radius 1 is 0.643 bits per heavy atom. The van der Waals surface area contributed by atoms with Crippen LogP contribution in [0.25, 0.3) is 5.57 Å². The summed E-state index contributed by atoms with van der Waals surface area (Å²) < 4.78 is 0. The SMILES string of the molecule is C=C.C=C(CCCCCC)c1ccccc1.CCCCCCc1ccccc1. The molecule has 154 valence electrons. The van der Waals surface area contributed by atoms with Gasteiger partial charge in [0, 0.05) is 0 Å². The van der Waals surface area contributed by atoms with Gasteiger partial charge in [-0.3, -0.25) is 0 Å². The van der Waals surface area contributed by atoms with Crippen molar-refractivity contribution >= 4 is 5.57 Å². The highest BCUT2D eigenvalue weighted by Gasteiger charge is 1.97. The summed E-state index contributed by atoms with van der Waals surface area (Å²) in [5.74, 6) is 0. The number of allylic oxidation sites excluding steroid dienone is 1. The lowest BCUT2D eigenvalue weighted by Gasteiger charge is -2.04. The van der Waals surface area contributed by atoms with E-state index >= 15 is 0 Å². The maximum Gasteiger partial charge on any atom is -0.0230 e. The largest absolute Gasteiger partial charge is 0.106 e. The Kier molecular flexibility index (Phi) is 18.2. The van der Waals surface area contributed by atoms with Crippen molar-refractivity contribution in [1.82, 2.24) is 0 Å². The molecule has 2 aromatic rings. The first-order valence-electron chi connectivity index (χ1n) is 11.0. The van der Waals surface area contributed by atoms with Crippen molar-refractivity contribution in [2.24, 2.45) is 0 Å². The van der Waals surface area contributed by atoms with Gasteiger partial charge >= 0.3 is 0 Å². The minimum Gasteiger partial charge on any atom is -0.106 e. The zero-order valence-corrected chi connectivity index (χ0v) is 18.5. The zero-order chi connectivity index (χ0) is 20.9. The van der Waals surface area contributed by atoms with E-state index < -0.39 is 0 Å². The van der Waals surface area contributed by atoms with Crippen molar-refractivity contribution in [2.75, 3.05) is 0 Å². The highest BCUT2D eigenvalue weighted by atomic mass is 14.0. The molecule has 28 heavy (non-hydrogen) atoms. The molecule has 0 fully saturated rings. The lowest BCUT2D eigenvalue weighted by atomic mass is 10.0. The van der Waals surface area contributed by atoms with Crippen LogP contribution in [0.3, 0.4) is 0 Å². The average molecular weight is 379 g/mol. The van der Waals surface area contributed by atoms with Gasteiger partial charge in [-0.2, -0.15) is 0 Å². The summed E-state index contributed by atoms with van der Waals surface area (Å²) in [6.45, 7) is 14.6. The number of hydrogen-bond donors (Lipinski definition) is 0. The lowest BCUT2D eigenvalue weighted by molar-refractivity contribution is 0.667. The molecule has 0 aliphatic carbocycles. The van der Waals surface area contributed by atoms with E-state index in [-0.39, 0.29) is 0 Å². The quantitative estimate of drug-likeness (QED) is 0.270. The van der Waals surface area contributed by atoms with Gasteiger partial charge in [-0.05, 0) is 42.4 Å². The summed E-state index contributed by atoms with van der Waals surface area (Å²) in [6, 6.07) is 21.2. The molecule has 0 N–H and O–H groups in total. The molecular weight excluding hydrogens is 336 g/mol. The summed E-state index contributed by atoms with van der Waals surface area (Å²) in [5.41, 5.74) is 4.05. The van der Waals surface area contributed by atoms with Crippen molar-refractivity contribution in [3.05, 3.63) is 91.5 Å². The van der Waals surface area contributed by atoms with Crippen LogP contribution in [0.15, 0.2) is 80.4 Å². The first kappa shape index (κ1) is 25.9. The summed E-state index contributed by atoms with van der Waals surface area (Å²) in [6.07, 6.45) is 13.1.